The first-order chi connectivity index (χ1) is 21.3. The summed E-state index contributed by atoms with van der Waals surface area (Å²) in [7, 11) is 0. The fourth-order valence-electron chi connectivity index (χ4n) is 8.69. The van der Waals surface area contributed by atoms with E-state index in [2.05, 4.69) is 82.0 Å². The normalized spacial score (nSPS) is 33.6. The molecule has 6 aliphatic rings. The van der Waals surface area contributed by atoms with Crippen LogP contribution in [0.15, 0.2) is 54.6 Å². The number of benzene rings is 2. The smallest absolute Gasteiger partial charge is 0.309 e. The molecule has 0 radical (unpaired) electrons. The van der Waals surface area contributed by atoms with Gasteiger partial charge in [-0.1, -0.05) is 61.5 Å². The van der Waals surface area contributed by atoms with Gasteiger partial charge < -0.3 is 25.5 Å². The zero-order chi connectivity index (χ0) is 29.9. The van der Waals surface area contributed by atoms with Gasteiger partial charge in [-0.15, -0.1) is 0 Å². The molecule has 4 saturated carbocycles. The molecule has 236 valence electrons. The lowest BCUT2D eigenvalue weighted by Crippen LogP contribution is -2.53. The highest BCUT2D eigenvalue weighted by Gasteiger charge is 2.50. The molecule has 6 fully saturated rings. The van der Waals surface area contributed by atoms with Gasteiger partial charge in [0.25, 0.3) is 0 Å². The van der Waals surface area contributed by atoms with E-state index < -0.39 is 5.97 Å². The van der Waals surface area contributed by atoms with E-state index >= 15 is 0 Å². The van der Waals surface area contributed by atoms with Gasteiger partial charge in [0.15, 0.2) is 0 Å². The Morgan fingerprint density at radius 3 is 1.93 bits per heavy atom. The highest BCUT2D eigenvalue weighted by Crippen LogP contribution is 2.50. The van der Waals surface area contributed by atoms with E-state index in [1.165, 1.54) is 94.2 Å². The number of rotatable bonds is 15. The lowest BCUT2D eigenvalue weighted by atomic mass is 9.82. The van der Waals surface area contributed by atoms with Crippen molar-refractivity contribution < 1.29 is 9.90 Å². The van der Waals surface area contributed by atoms with Crippen molar-refractivity contribution in [2.45, 2.75) is 82.2 Å². The Bertz CT molecular complexity index is 1330. The summed E-state index contributed by atoms with van der Waals surface area (Å²) in [5.41, 5.74) is 5.79. The maximum Gasteiger partial charge on any atom is 0.309 e. The fraction of sp³-hybridized carbons (Fsp3) is 0.658. The number of nitrogens with zero attached hydrogens (tertiary/aromatic N) is 2. The van der Waals surface area contributed by atoms with Crippen molar-refractivity contribution in [3.63, 3.8) is 0 Å². The quantitative estimate of drug-likeness (QED) is 0.266. The second-order valence-electron chi connectivity index (χ2n) is 16.5. The molecule has 0 bridgehead atoms. The maximum atomic E-state index is 11.1. The Morgan fingerprint density at radius 1 is 0.795 bits per heavy atom. The summed E-state index contributed by atoms with van der Waals surface area (Å²) in [6, 6.07) is 22.0. The Labute approximate surface area is 264 Å². The molecular weight excluding hydrogens is 544 g/mol. The molecule has 2 aliphatic heterocycles. The number of nitrogens with one attached hydrogen (secondary N) is 2. The third-order valence-corrected chi connectivity index (χ3v) is 12.3. The molecule has 0 aromatic heterocycles. The lowest BCUT2D eigenvalue weighted by molar-refractivity contribution is -0.147. The summed E-state index contributed by atoms with van der Waals surface area (Å²) in [4.78, 5) is 16.2. The summed E-state index contributed by atoms with van der Waals surface area (Å²) in [6.07, 6.45) is 10.4. The first-order valence-electron chi connectivity index (χ1n) is 17.6. The average Bonchev–Trinajstić information content (AvgIpc) is 3.83. The van der Waals surface area contributed by atoms with Gasteiger partial charge in [0.2, 0.25) is 0 Å². The van der Waals surface area contributed by atoms with E-state index in [4.69, 9.17) is 5.11 Å². The number of hydrogen-bond donors (Lipinski definition) is 3. The highest BCUT2D eigenvalue weighted by molar-refractivity contribution is 5.71. The number of hydrogen-bond acceptors (Lipinski definition) is 5. The molecule has 8 rings (SSSR count). The van der Waals surface area contributed by atoms with Gasteiger partial charge in [-0.2, -0.15) is 0 Å². The molecule has 3 N–H and O–H groups in total. The third-order valence-electron chi connectivity index (χ3n) is 12.3. The van der Waals surface area contributed by atoms with Crippen LogP contribution in [-0.2, 0) is 11.2 Å². The summed E-state index contributed by atoms with van der Waals surface area (Å²) in [6.45, 7) is 11.1. The van der Waals surface area contributed by atoms with Crippen LogP contribution in [0.3, 0.4) is 0 Å². The largest absolute Gasteiger partial charge is 0.481 e. The minimum absolute atomic E-state index is 0.145. The average molecular weight is 597 g/mol. The minimum atomic E-state index is -0.633. The van der Waals surface area contributed by atoms with E-state index in [0.717, 1.165) is 32.1 Å². The SMILES string of the molecule is CC1(Cc2ccc(C3C[C@@H]3NCC3(CN4CC(C(=O)O)C4)CC3)cc2)CCN(CC2(CN[C@H]3C[C@@H]3c3ccccc3)CC2)C1. The molecule has 0 amide bonds. The van der Waals surface area contributed by atoms with E-state index in [-0.39, 0.29) is 5.92 Å². The predicted octanol–water partition coefficient (Wildman–Crippen LogP) is 5.11. The van der Waals surface area contributed by atoms with Crippen LogP contribution >= 0.6 is 0 Å². The molecule has 4 aliphatic carbocycles. The van der Waals surface area contributed by atoms with Gasteiger partial charge in [0, 0.05) is 69.7 Å². The van der Waals surface area contributed by atoms with Crippen LogP contribution in [0, 0.1) is 22.2 Å². The van der Waals surface area contributed by atoms with Crippen LogP contribution in [0.2, 0.25) is 0 Å². The van der Waals surface area contributed by atoms with E-state index in [0.29, 0.717) is 34.2 Å². The summed E-state index contributed by atoms with van der Waals surface area (Å²) in [5, 5.41) is 17.0. The Hall–Kier alpha value is -2.25. The van der Waals surface area contributed by atoms with Crippen molar-refractivity contribution in [2.75, 3.05) is 52.4 Å². The first kappa shape index (κ1) is 29.2. The zero-order valence-electron chi connectivity index (χ0n) is 26.6. The molecule has 2 aromatic rings. The van der Waals surface area contributed by atoms with E-state index in [1.807, 2.05) is 0 Å². The van der Waals surface area contributed by atoms with Crippen molar-refractivity contribution in [3.05, 3.63) is 71.3 Å². The number of carboxylic acids is 1. The molecule has 0 spiro atoms. The van der Waals surface area contributed by atoms with Gasteiger partial charge in [0.1, 0.15) is 0 Å². The van der Waals surface area contributed by atoms with E-state index in [9.17, 15) is 4.79 Å². The van der Waals surface area contributed by atoms with Gasteiger partial charge in [-0.25, -0.2) is 0 Å². The molecule has 44 heavy (non-hydrogen) atoms. The molecule has 2 unspecified atom stereocenters. The monoisotopic (exact) mass is 596 g/mol. The van der Waals surface area contributed by atoms with Crippen molar-refractivity contribution in [1.82, 2.24) is 20.4 Å². The van der Waals surface area contributed by atoms with Crippen LogP contribution in [0.4, 0.5) is 0 Å². The number of likely N-dealkylation sites (tertiary alicyclic amines) is 2. The maximum absolute atomic E-state index is 11.1. The van der Waals surface area contributed by atoms with Crippen molar-refractivity contribution in [2.24, 2.45) is 22.2 Å². The minimum Gasteiger partial charge on any atom is -0.481 e. The standard InChI is InChI=1S/C38H52N4O2/c1-36(15-16-41(24-36)25-37(11-12-37)22-39-33-17-31(33)28-5-3-2-4-6-28)19-27-7-9-29(10-8-27)32-18-34(32)40-23-38(13-14-38)26-42-20-30(21-42)35(43)44/h2-10,30-34,39-40H,11-26H2,1H3,(H,43,44)/t31-,32?,33+,34+,36?/m1/s1. The van der Waals surface area contributed by atoms with Crippen LogP contribution in [0.1, 0.15) is 80.4 Å². The molecule has 2 aromatic carbocycles. The third kappa shape index (κ3) is 6.51. The summed E-state index contributed by atoms with van der Waals surface area (Å²) < 4.78 is 0. The van der Waals surface area contributed by atoms with Crippen molar-refractivity contribution >= 4 is 5.97 Å². The van der Waals surface area contributed by atoms with Gasteiger partial charge in [0.05, 0.1) is 5.92 Å². The predicted molar refractivity (Wildman–Crippen MR) is 175 cm³/mol. The first-order valence-corrected chi connectivity index (χ1v) is 17.6. The lowest BCUT2D eigenvalue weighted by Gasteiger charge is -2.39. The topological polar surface area (TPSA) is 67.8 Å². The fourth-order valence-corrected chi connectivity index (χ4v) is 8.69. The molecule has 5 atom stereocenters. The number of aliphatic carboxylic acids is 1. The summed E-state index contributed by atoms with van der Waals surface area (Å²) in [5.74, 6) is 0.599. The Morgan fingerprint density at radius 2 is 1.36 bits per heavy atom. The highest BCUT2D eigenvalue weighted by atomic mass is 16.4. The van der Waals surface area contributed by atoms with Gasteiger partial charge in [-0.05, 0) is 90.8 Å². The van der Waals surface area contributed by atoms with E-state index in [1.54, 1.807) is 0 Å². The zero-order valence-corrected chi connectivity index (χ0v) is 26.6. The Balaban J connectivity index is 0.757. The van der Waals surface area contributed by atoms with Crippen LogP contribution < -0.4 is 10.6 Å². The number of carbonyl (C=O) groups is 1. The molecular formula is C38H52N4O2. The van der Waals surface area contributed by atoms with Crippen LogP contribution in [-0.4, -0.2) is 85.3 Å². The molecule has 2 heterocycles. The van der Waals surface area contributed by atoms with Crippen molar-refractivity contribution in [3.8, 4) is 0 Å². The van der Waals surface area contributed by atoms with Crippen LogP contribution in [0.5, 0.6) is 0 Å². The molecule has 2 saturated heterocycles. The molecule has 6 heteroatoms. The van der Waals surface area contributed by atoms with Gasteiger partial charge in [-0.3, -0.25) is 4.79 Å². The molecule has 6 nitrogen and oxygen atoms in total. The summed E-state index contributed by atoms with van der Waals surface area (Å²) >= 11 is 0. The second kappa shape index (κ2) is 11.2. The van der Waals surface area contributed by atoms with Crippen LogP contribution in [0.25, 0.3) is 0 Å². The Kier molecular flexibility index (Phi) is 7.44. The second-order valence-corrected chi connectivity index (χ2v) is 16.5. The number of carboxylic acid groups (broad SMARTS) is 1. The van der Waals surface area contributed by atoms with Gasteiger partial charge >= 0.3 is 5.97 Å². The van der Waals surface area contributed by atoms with Crippen molar-refractivity contribution in [1.29, 1.82) is 0 Å².